The number of amides is 1. The fourth-order valence-electron chi connectivity index (χ4n) is 4.56. The van der Waals surface area contributed by atoms with Crippen LogP contribution in [0, 0.1) is 0 Å². The first kappa shape index (κ1) is 21.6. The zero-order valence-electron chi connectivity index (χ0n) is 18.9. The molecule has 0 unspecified atom stereocenters. The summed E-state index contributed by atoms with van der Waals surface area (Å²) in [6.45, 7) is 1.12. The number of rotatable bonds is 6. The Morgan fingerprint density at radius 2 is 1.12 bits per heavy atom. The average Bonchev–Trinajstić information content (AvgIpc) is 3.18. The van der Waals surface area contributed by atoms with Crippen molar-refractivity contribution in [2.45, 2.75) is 19.0 Å². The van der Waals surface area contributed by atoms with Gasteiger partial charge in [-0.2, -0.15) is 0 Å². The summed E-state index contributed by atoms with van der Waals surface area (Å²) in [6, 6.07) is 31.8. The fraction of sp³-hybridized carbons (Fsp3) is 0.138. The molecule has 1 aliphatic carbocycles. The molecule has 170 valence electrons. The molecule has 0 saturated heterocycles. The molecule has 5 rings (SSSR count). The average molecular weight is 450 g/mol. The lowest BCUT2D eigenvalue weighted by Crippen LogP contribution is -2.31. The van der Waals surface area contributed by atoms with Crippen LogP contribution in [0.15, 0.2) is 97.1 Å². The molecule has 4 aromatic rings. The third kappa shape index (κ3) is 4.46. The second-order valence-corrected chi connectivity index (χ2v) is 8.64. The predicted molar refractivity (Wildman–Crippen MR) is 136 cm³/mol. The number of anilines is 2. The topological polar surface area (TPSA) is 81.6 Å². The maximum absolute atomic E-state index is 13.3. The van der Waals surface area contributed by atoms with Crippen molar-refractivity contribution in [3.63, 3.8) is 0 Å². The maximum atomic E-state index is 13.3. The molecule has 0 aliphatic heterocycles. The van der Waals surface area contributed by atoms with Crippen molar-refractivity contribution >= 4 is 17.5 Å². The zero-order chi connectivity index (χ0) is 23.5. The molecule has 0 spiro atoms. The van der Waals surface area contributed by atoms with Crippen LogP contribution in [0.2, 0.25) is 0 Å². The molecule has 4 N–H and O–H groups in total. The molecule has 0 aromatic heterocycles. The third-order valence-corrected chi connectivity index (χ3v) is 6.30. The number of hydrogen-bond acceptors (Lipinski definition) is 4. The number of nitrogens with two attached hydrogens (primary N) is 2. The van der Waals surface area contributed by atoms with Gasteiger partial charge in [-0.1, -0.05) is 72.8 Å². The summed E-state index contributed by atoms with van der Waals surface area (Å²) >= 11 is 0. The molecule has 34 heavy (non-hydrogen) atoms. The Labute approximate surface area is 199 Å². The van der Waals surface area contributed by atoms with E-state index >= 15 is 0 Å². The van der Waals surface area contributed by atoms with Crippen LogP contribution in [0.4, 0.5) is 16.2 Å². The van der Waals surface area contributed by atoms with Gasteiger partial charge < -0.3 is 16.2 Å². The summed E-state index contributed by atoms with van der Waals surface area (Å²) < 4.78 is 5.93. The molecular weight excluding hydrogens is 422 g/mol. The molecule has 0 fully saturated rings. The van der Waals surface area contributed by atoms with Gasteiger partial charge in [-0.05, 0) is 57.6 Å². The van der Waals surface area contributed by atoms with E-state index in [9.17, 15) is 4.79 Å². The maximum Gasteiger partial charge on any atom is 0.410 e. The van der Waals surface area contributed by atoms with Crippen molar-refractivity contribution in [3.05, 3.63) is 119 Å². The Hall–Kier alpha value is -4.25. The summed E-state index contributed by atoms with van der Waals surface area (Å²) in [7, 11) is 0. The Morgan fingerprint density at radius 3 is 1.59 bits per heavy atom. The van der Waals surface area contributed by atoms with E-state index in [0.29, 0.717) is 24.5 Å². The highest BCUT2D eigenvalue weighted by Crippen LogP contribution is 2.44. The minimum atomic E-state index is -0.351. The second-order valence-electron chi connectivity index (χ2n) is 8.64. The number of fused-ring (bicyclic) bond motifs is 3. The van der Waals surface area contributed by atoms with Crippen LogP contribution in [-0.4, -0.2) is 17.6 Å². The monoisotopic (exact) mass is 449 g/mol. The van der Waals surface area contributed by atoms with E-state index in [1.54, 1.807) is 4.90 Å². The number of hydrogen-bond donors (Lipinski definition) is 2. The van der Waals surface area contributed by atoms with E-state index in [1.165, 1.54) is 22.3 Å². The second kappa shape index (κ2) is 9.32. The minimum Gasteiger partial charge on any atom is -0.448 e. The Kier molecular flexibility index (Phi) is 5.91. The molecular formula is C29H27N3O2. The summed E-state index contributed by atoms with van der Waals surface area (Å²) in [5, 5.41) is 0. The summed E-state index contributed by atoms with van der Waals surface area (Å²) in [5.41, 5.74) is 19.8. The van der Waals surface area contributed by atoms with E-state index in [0.717, 1.165) is 11.1 Å². The lowest BCUT2D eigenvalue weighted by molar-refractivity contribution is 0.0946. The molecule has 0 saturated carbocycles. The van der Waals surface area contributed by atoms with Crippen LogP contribution >= 0.6 is 0 Å². The van der Waals surface area contributed by atoms with Gasteiger partial charge in [0.05, 0.1) is 0 Å². The number of carbonyl (C=O) groups excluding carboxylic acids is 1. The van der Waals surface area contributed by atoms with Crippen molar-refractivity contribution in [1.29, 1.82) is 0 Å². The molecule has 5 heteroatoms. The highest BCUT2D eigenvalue weighted by atomic mass is 16.6. The number of nitrogen functional groups attached to an aromatic ring is 2. The smallest absolute Gasteiger partial charge is 0.410 e. The zero-order valence-corrected chi connectivity index (χ0v) is 18.9. The third-order valence-electron chi connectivity index (χ3n) is 6.30. The van der Waals surface area contributed by atoms with Gasteiger partial charge in [-0.25, -0.2) is 4.79 Å². The largest absolute Gasteiger partial charge is 0.448 e. The number of carbonyl (C=O) groups is 1. The first-order chi connectivity index (χ1) is 16.6. The Morgan fingerprint density at radius 1 is 0.676 bits per heavy atom. The summed E-state index contributed by atoms with van der Waals surface area (Å²) in [6.07, 6.45) is -0.351. The van der Waals surface area contributed by atoms with Gasteiger partial charge in [0.25, 0.3) is 0 Å². The summed E-state index contributed by atoms with van der Waals surface area (Å²) in [5.74, 6) is 0.0197. The van der Waals surface area contributed by atoms with E-state index in [-0.39, 0.29) is 18.6 Å². The quantitative estimate of drug-likeness (QED) is 0.364. The first-order valence-electron chi connectivity index (χ1n) is 11.4. The molecule has 5 nitrogen and oxygen atoms in total. The fourth-order valence-corrected chi connectivity index (χ4v) is 4.56. The van der Waals surface area contributed by atoms with Gasteiger partial charge in [0.2, 0.25) is 0 Å². The standard InChI is InChI=1S/C29H27N3O2/c30-22-13-9-20(10-14-22)17-32(18-21-11-15-23(31)16-12-21)29(33)34-19-28-26-7-3-1-5-24(26)25-6-2-4-8-27(25)28/h1-16,28H,17-19,30-31H2. The van der Waals surface area contributed by atoms with Crippen molar-refractivity contribution < 1.29 is 9.53 Å². The molecule has 0 heterocycles. The molecule has 0 radical (unpaired) electrons. The molecule has 4 aromatic carbocycles. The molecule has 0 bridgehead atoms. The Bertz CT molecular complexity index is 1210. The van der Waals surface area contributed by atoms with Gasteiger partial charge in [-0.15, -0.1) is 0 Å². The molecule has 1 amide bonds. The highest BCUT2D eigenvalue weighted by Gasteiger charge is 2.29. The predicted octanol–water partition coefficient (Wildman–Crippen LogP) is 5.80. The van der Waals surface area contributed by atoms with E-state index in [1.807, 2.05) is 72.8 Å². The van der Waals surface area contributed by atoms with Gasteiger partial charge >= 0.3 is 6.09 Å². The van der Waals surface area contributed by atoms with Gasteiger partial charge in [0, 0.05) is 30.4 Å². The van der Waals surface area contributed by atoms with Gasteiger partial charge in [-0.3, -0.25) is 4.90 Å². The SMILES string of the molecule is Nc1ccc(CN(Cc2ccc(N)cc2)C(=O)OCC2c3ccccc3-c3ccccc32)cc1. The molecule has 0 atom stereocenters. The number of benzene rings is 4. The van der Waals surface area contributed by atoms with Gasteiger partial charge in [0.15, 0.2) is 0 Å². The van der Waals surface area contributed by atoms with Crippen LogP contribution in [0.1, 0.15) is 28.2 Å². The summed E-state index contributed by atoms with van der Waals surface area (Å²) in [4.78, 5) is 15.0. The van der Waals surface area contributed by atoms with E-state index < -0.39 is 0 Å². The lowest BCUT2D eigenvalue weighted by atomic mass is 9.98. The normalized spacial score (nSPS) is 12.1. The van der Waals surface area contributed by atoms with Crippen molar-refractivity contribution in [2.24, 2.45) is 0 Å². The lowest BCUT2D eigenvalue weighted by Gasteiger charge is -2.24. The number of nitrogens with zero attached hydrogens (tertiary/aromatic N) is 1. The number of ether oxygens (including phenoxy) is 1. The minimum absolute atomic E-state index is 0.0197. The van der Waals surface area contributed by atoms with Gasteiger partial charge in [0.1, 0.15) is 6.61 Å². The molecule has 1 aliphatic rings. The van der Waals surface area contributed by atoms with Crippen LogP contribution in [0.5, 0.6) is 0 Å². The van der Waals surface area contributed by atoms with Crippen LogP contribution < -0.4 is 11.5 Å². The van der Waals surface area contributed by atoms with Crippen molar-refractivity contribution in [2.75, 3.05) is 18.1 Å². The van der Waals surface area contributed by atoms with Crippen LogP contribution in [0.3, 0.4) is 0 Å². The van der Waals surface area contributed by atoms with E-state index in [4.69, 9.17) is 16.2 Å². The highest BCUT2D eigenvalue weighted by molar-refractivity contribution is 5.79. The van der Waals surface area contributed by atoms with Crippen molar-refractivity contribution in [3.8, 4) is 11.1 Å². The Balaban J connectivity index is 1.36. The van der Waals surface area contributed by atoms with Crippen molar-refractivity contribution in [1.82, 2.24) is 4.90 Å². The van der Waals surface area contributed by atoms with Crippen LogP contribution in [0.25, 0.3) is 11.1 Å². The van der Waals surface area contributed by atoms with Crippen LogP contribution in [-0.2, 0) is 17.8 Å². The van der Waals surface area contributed by atoms with E-state index in [2.05, 4.69) is 24.3 Å². The first-order valence-corrected chi connectivity index (χ1v) is 11.4.